The van der Waals surface area contributed by atoms with Gasteiger partial charge < -0.3 is 16.3 Å². The molecular weight excluding hydrogens is 242 g/mol. The van der Waals surface area contributed by atoms with E-state index in [1.54, 1.807) is 0 Å². The lowest BCUT2D eigenvalue weighted by Crippen LogP contribution is -2.37. The van der Waals surface area contributed by atoms with Crippen molar-refractivity contribution in [3.8, 4) is 0 Å². The van der Waals surface area contributed by atoms with Gasteiger partial charge in [0.2, 0.25) is 5.91 Å². The molecule has 0 aromatic heterocycles. The van der Waals surface area contributed by atoms with Crippen LogP contribution in [0.4, 0.5) is 0 Å². The number of amidine groups is 1. The predicted octanol–water partition coefficient (Wildman–Crippen LogP) is 2.77. The summed E-state index contributed by atoms with van der Waals surface area (Å²) >= 11 is 0. The summed E-state index contributed by atoms with van der Waals surface area (Å²) < 4.78 is 0. The number of unbranched alkanes of at least 4 members (excludes halogenated alkanes) is 5. The van der Waals surface area contributed by atoms with Gasteiger partial charge in [-0.25, -0.2) is 0 Å². The van der Waals surface area contributed by atoms with Crippen LogP contribution in [0.3, 0.4) is 0 Å². The molecule has 0 radical (unpaired) electrons. The fourth-order valence-electron chi connectivity index (χ4n) is 1.96. The molecule has 1 atom stereocenters. The molecule has 0 fully saturated rings. The third kappa shape index (κ3) is 10.4. The van der Waals surface area contributed by atoms with Crippen LogP contribution in [-0.4, -0.2) is 23.0 Å². The largest absolute Gasteiger partial charge is 0.409 e. The van der Waals surface area contributed by atoms with Crippen LogP contribution in [0, 0.1) is 0 Å². The normalized spacial score (nSPS) is 13.3. The number of oxime groups is 1. The topological polar surface area (TPSA) is 87.7 Å². The third-order valence-electron chi connectivity index (χ3n) is 3.20. The predicted molar refractivity (Wildman–Crippen MR) is 78.2 cm³/mol. The molecule has 0 aromatic carbocycles. The summed E-state index contributed by atoms with van der Waals surface area (Å²) in [6.07, 6.45) is 8.80. The molecule has 0 saturated carbocycles. The second kappa shape index (κ2) is 11.8. The van der Waals surface area contributed by atoms with Crippen LogP contribution < -0.4 is 11.1 Å². The van der Waals surface area contributed by atoms with Gasteiger partial charge in [-0.05, 0) is 12.8 Å². The van der Waals surface area contributed by atoms with Crippen molar-refractivity contribution in [3.05, 3.63) is 0 Å². The Bertz CT molecular complexity index is 267. The Balaban J connectivity index is 3.70. The van der Waals surface area contributed by atoms with E-state index < -0.39 is 0 Å². The van der Waals surface area contributed by atoms with Crippen LogP contribution in [0.5, 0.6) is 0 Å². The van der Waals surface area contributed by atoms with Crippen molar-refractivity contribution in [1.82, 2.24) is 5.32 Å². The average Bonchev–Trinajstić information content (AvgIpc) is 2.41. The van der Waals surface area contributed by atoms with Crippen molar-refractivity contribution in [1.29, 1.82) is 0 Å². The van der Waals surface area contributed by atoms with Gasteiger partial charge in [0.25, 0.3) is 0 Å². The molecule has 0 aliphatic rings. The second-order valence-electron chi connectivity index (χ2n) is 4.99. The standard InChI is InChI=1S/C14H29N3O2/c1-3-5-6-7-8-9-10-14(18)16-12(4-2)11-13(15)17-19/h12,19H,3-11H2,1-2H3,(H2,15,17)(H,16,18). The van der Waals surface area contributed by atoms with Crippen LogP contribution in [0.15, 0.2) is 5.16 Å². The minimum Gasteiger partial charge on any atom is -0.409 e. The van der Waals surface area contributed by atoms with Gasteiger partial charge in [0.05, 0.1) is 0 Å². The molecule has 0 rings (SSSR count). The maximum atomic E-state index is 11.7. The van der Waals surface area contributed by atoms with Gasteiger partial charge in [-0.2, -0.15) is 0 Å². The van der Waals surface area contributed by atoms with E-state index in [1.807, 2.05) is 6.92 Å². The zero-order valence-corrected chi connectivity index (χ0v) is 12.3. The quantitative estimate of drug-likeness (QED) is 0.177. The number of carbonyl (C=O) groups is 1. The van der Waals surface area contributed by atoms with Crippen LogP contribution >= 0.6 is 0 Å². The third-order valence-corrected chi connectivity index (χ3v) is 3.20. The van der Waals surface area contributed by atoms with Crippen molar-refractivity contribution in [3.63, 3.8) is 0 Å². The maximum Gasteiger partial charge on any atom is 0.220 e. The molecule has 0 saturated heterocycles. The van der Waals surface area contributed by atoms with Crippen LogP contribution in [0.25, 0.3) is 0 Å². The van der Waals surface area contributed by atoms with Gasteiger partial charge in [-0.3, -0.25) is 4.79 Å². The monoisotopic (exact) mass is 271 g/mol. The molecule has 5 heteroatoms. The van der Waals surface area contributed by atoms with Gasteiger partial charge in [0.15, 0.2) is 0 Å². The summed E-state index contributed by atoms with van der Waals surface area (Å²) in [5, 5.41) is 14.4. The first-order valence-electron chi connectivity index (χ1n) is 7.39. The zero-order chi connectivity index (χ0) is 14.5. The highest BCUT2D eigenvalue weighted by Gasteiger charge is 2.11. The summed E-state index contributed by atoms with van der Waals surface area (Å²) in [4.78, 5) is 11.7. The van der Waals surface area contributed by atoms with E-state index in [-0.39, 0.29) is 17.8 Å². The average molecular weight is 271 g/mol. The SMILES string of the molecule is CCCCCCCCC(=O)NC(CC)CC(N)=NO. The lowest BCUT2D eigenvalue weighted by Gasteiger charge is -2.16. The Hall–Kier alpha value is -1.26. The highest BCUT2D eigenvalue weighted by molar-refractivity contribution is 5.81. The first-order valence-corrected chi connectivity index (χ1v) is 7.39. The number of nitrogens with zero attached hydrogens (tertiary/aromatic N) is 1. The Labute approximate surface area is 116 Å². The number of amides is 1. The molecule has 112 valence electrons. The Morgan fingerprint density at radius 1 is 1.21 bits per heavy atom. The molecule has 0 spiro atoms. The van der Waals surface area contributed by atoms with Gasteiger partial charge in [0, 0.05) is 18.9 Å². The van der Waals surface area contributed by atoms with Gasteiger partial charge in [-0.15, -0.1) is 0 Å². The first kappa shape index (κ1) is 17.7. The van der Waals surface area contributed by atoms with E-state index in [1.165, 1.54) is 25.7 Å². The summed E-state index contributed by atoms with van der Waals surface area (Å²) in [6.45, 7) is 4.17. The van der Waals surface area contributed by atoms with Crippen LogP contribution in [-0.2, 0) is 4.79 Å². The minimum absolute atomic E-state index is 0.0384. The van der Waals surface area contributed by atoms with E-state index in [2.05, 4.69) is 17.4 Å². The van der Waals surface area contributed by atoms with E-state index in [0.717, 1.165) is 19.3 Å². The molecule has 0 aliphatic carbocycles. The second-order valence-corrected chi connectivity index (χ2v) is 4.99. The van der Waals surface area contributed by atoms with Crippen molar-refractivity contribution in [2.75, 3.05) is 0 Å². The van der Waals surface area contributed by atoms with Gasteiger partial charge >= 0.3 is 0 Å². The highest BCUT2D eigenvalue weighted by Crippen LogP contribution is 2.07. The lowest BCUT2D eigenvalue weighted by atomic mass is 10.1. The smallest absolute Gasteiger partial charge is 0.220 e. The van der Waals surface area contributed by atoms with Crippen LogP contribution in [0.1, 0.15) is 71.6 Å². The summed E-state index contributed by atoms with van der Waals surface area (Å²) in [5.74, 6) is 0.222. The maximum absolute atomic E-state index is 11.7. The molecule has 0 aromatic rings. The van der Waals surface area contributed by atoms with Gasteiger partial charge in [-0.1, -0.05) is 51.1 Å². The number of hydrogen-bond donors (Lipinski definition) is 3. The van der Waals surface area contributed by atoms with Crippen molar-refractivity contribution < 1.29 is 10.0 Å². The molecule has 0 bridgehead atoms. The van der Waals surface area contributed by atoms with E-state index in [0.29, 0.717) is 12.8 Å². The molecule has 4 N–H and O–H groups in total. The fourth-order valence-corrected chi connectivity index (χ4v) is 1.96. The molecule has 1 amide bonds. The Morgan fingerprint density at radius 3 is 2.42 bits per heavy atom. The number of rotatable bonds is 11. The molecular formula is C14H29N3O2. The van der Waals surface area contributed by atoms with Crippen LogP contribution in [0.2, 0.25) is 0 Å². The molecule has 5 nitrogen and oxygen atoms in total. The highest BCUT2D eigenvalue weighted by atomic mass is 16.4. The number of carbonyl (C=O) groups excluding carboxylic acids is 1. The summed E-state index contributed by atoms with van der Waals surface area (Å²) in [5.41, 5.74) is 5.44. The minimum atomic E-state index is -0.0384. The number of nitrogens with two attached hydrogens (primary N) is 1. The van der Waals surface area contributed by atoms with E-state index in [9.17, 15) is 4.79 Å². The molecule has 0 heterocycles. The molecule has 19 heavy (non-hydrogen) atoms. The van der Waals surface area contributed by atoms with Crippen molar-refractivity contribution in [2.24, 2.45) is 10.9 Å². The molecule has 0 aliphatic heterocycles. The van der Waals surface area contributed by atoms with E-state index in [4.69, 9.17) is 10.9 Å². The summed E-state index contributed by atoms with van der Waals surface area (Å²) in [6, 6.07) is -0.0384. The lowest BCUT2D eigenvalue weighted by molar-refractivity contribution is -0.121. The molecule has 1 unspecified atom stereocenters. The summed E-state index contributed by atoms with van der Waals surface area (Å²) in [7, 11) is 0. The number of hydrogen-bond acceptors (Lipinski definition) is 3. The van der Waals surface area contributed by atoms with Crippen molar-refractivity contribution in [2.45, 2.75) is 77.7 Å². The Morgan fingerprint density at radius 2 is 1.84 bits per heavy atom. The fraction of sp³-hybridized carbons (Fsp3) is 0.857. The van der Waals surface area contributed by atoms with Gasteiger partial charge in [0.1, 0.15) is 5.84 Å². The van der Waals surface area contributed by atoms with Crippen molar-refractivity contribution >= 4 is 11.7 Å². The Kier molecular flexibility index (Phi) is 11.0. The number of nitrogens with one attached hydrogen (secondary N) is 1. The zero-order valence-electron chi connectivity index (χ0n) is 12.3. The van der Waals surface area contributed by atoms with E-state index >= 15 is 0 Å². The first-order chi connectivity index (χ1) is 9.13.